The zero-order valence-electron chi connectivity index (χ0n) is 7.25. The smallest absolute Gasteiger partial charge is 0.0445 e. The summed E-state index contributed by atoms with van der Waals surface area (Å²) in [6, 6.07) is 8.90. The van der Waals surface area contributed by atoms with Gasteiger partial charge in [0.15, 0.2) is 0 Å². The Labute approximate surface area is 73.1 Å². The van der Waals surface area contributed by atoms with Crippen molar-refractivity contribution in [1.29, 1.82) is 0 Å². The van der Waals surface area contributed by atoms with Crippen LogP contribution in [0.1, 0.15) is 18.9 Å². The number of para-hydroxylation sites is 1. The zero-order chi connectivity index (χ0) is 8.39. The van der Waals surface area contributed by atoms with Gasteiger partial charge in [0, 0.05) is 11.7 Å². The van der Waals surface area contributed by atoms with Crippen molar-refractivity contribution in [2.45, 2.75) is 19.4 Å². The molecule has 1 N–H and O–H groups in total. The number of anilines is 1. The van der Waals surface area contributed by atoms with Crippen LogP contribution in [0.4, 0.5) is 5.69 Å². The van der Waals surface area contributed by atoms with E-state index in [1.54, 1.807) is 0 Å². The fraction of sp³-hybridized carbons (Fsp3) is 0.273. The summed E-state index contributed by atoms with van der Waals surface area (Å²) < 4.78 is 0. The van der Waals surface area contributed by atoms with E-state index in [4.69, 9.17) is 0 Å². The first-order valence-corrected chi connectivity index (χ1v) is 4.44. The van der Waals surface area contributed by atoms with E-state index in [2.05, 4.69) is 48.7 Å². The van der Waals surface area contributed by atoms with Crippen molar-refractivity contribution in [2.75, 3.05) is 5.32 Å². The molecular formula is C11H13N. The Balaban J connectivity index is 2.33. The number of hydrogen-bond acceptors (Lipinski definition) is 1. The largest absolute Gasteiger partial charge is 0.378 e. The summed E-state index contributed by atoms with van der Waals surface area (Å²) in [6.07, 6.45) is 5.56. The van der Waals surface area contributed by atoms with Gasteiger partial charge in [-0.15, -0.1) is 0 Å². The van der Waals surface area contributed by atoms with E-state index in [0.29, 0.717) is 6.04 Å². The first-order chi connectivity index (χ1) is 5.90. The van der Waals surface area contributed by atoms with Gasteiger partial charge in [-0.25, -0.2) is 0 Å². The Morgan fingerprint density at radius 1 is 1.33 bits per heavy atom. The van der Waals surface area contributed by atoms with Crippen LogP contribution in [-0.2, 0) is 0 Å². The standard InChI is InChI=1S/C11H13N/c1-2-10-8-7-9-5-3-4-6-11(9)12-10/h3-8,10,12H,2H2,1H3. The Morgan fingerprint density at radius 3 is 3.00 bits per heavy atom. The van der Waals surface area contributed by atoms with Gasteiger partial charge in [-0.2, -0.15) is 0 Å². The highest BCUT2D eigenvalue weighted by atomic mass is 14.9. The maximum atomic E-state index is 3.46. The summed E-state index contributed by atoms with van der Waals surface area (Å²) in [5, 5.41) is 3.46. The lowest BCUT2D eigenvalue weighted by Crippen LogP contribution is -2.18. The molecule has 0 spiro atoms. The molecule has 0 saturated heterocycles. The van der Waals surface area contributed by atoms with E-state index in [0.717, 1.165) is 6.42 Å². The number of hydrogen-bond donors (Lipinski definition) is 1. The van der Waals surface area contributed by atoms with Crippen molar-refractivity contribution >= 4 is 11.8 Å². The van der Waals surface area contributed by atoms with Crippen LogP contribution < -0.4 is 5.32 Å². The summed E-state index contributed by atoms with van der Waals surface area (Å²) in [5.74, 6) is 0. The Hall–Kier alpha value is -1.24. The minimum absolute atomic E-state index is 0.514. The second-order valence-electron chi connectivity index (χ2n) is 3.11. The SMILES string of the molecule is CCC1C=Cc2ccccc2N1. The molecule has 0 aliphatic carbocycles. The number of fused-ring (bicyclic) bond motifs is 1. The van der Waals surface area contributed by atoms with Crippen LogP contribution >= 0.6 is 0 Å². The minimum atomic E-state index is 0.514. The Morgan fingerprint density at radius 2 is 2.17 bits per heavy atom. The average molecular weight is 159 g/mol. The molecule has 1 aromatic rings. The highest BCUT2D eigenvalue weighted by Gasteiger charge is 2.08. The third kappa shape index (κ3) is 1.22. The highest BCUT2D eigenvalue weighted by Crippen LogP contribution is 2.22. The van der Waals surface area contributed by atoms with Crippen molar-refractivity contribution in [3.8, 4) is 0 Å². The van der Waals surface area contributed by atoms with Crippen molar-refractivity contribution in [2.24, 2.45) is 0 Å². The number of benzene rings is 1. The van der Waals surface area contributed by atoms with Gasteiger partial charge in [-0.05, 0) is 18.1 Å². The van der Waals surface area contributed by atoms with Crippen LogP contribution in [0, 0.1) is 0 Å². The first-order valence-electron chi connectivity index (χ1n) is 4.44. The normalized spacial score (nSPS) is 19.9. The maximum Gasteiger partial charge on any atom is 0.0445 e. The lowest BCUT2D eigenvalue weighted by Gasteiger charge is -2.20. The molecule has 62 valence electrons. The van der Waals surface area contributed by atoms with Crippen LogP contribution in [0.25, 0.3) is 6.08 Å². The predicted molar refractivity (Wildman–Crippen MR) is 53.2 cm³/mol. The summed E-state index contributed by atoms with van der Waals surface area (Å²) in [7, 11) is 0. The fourth-order valence-electron chi connectivity index (χ4n) is 1.48. The monoisotopic (exact) mass is 159 g/mol. The van der Waals surface area contributed by atoms with Crippen molar-refractivity contribution in [3.63, 3.8) is 0 Å². The Kier molecular flexibility index (Phi) is 1.86. The third-order valence-corrected chi connectivity index (χ3v) is 2.25. The second-order valence-corrected chi connectivity index (χ2v) is 3.11. The fourth-order valence-corrected chi connectivity index (χ4v) is 1.48. The molecule has 0 fully saturated rings. The molecule has 1 nitrogen and oxygen atoms in total. The van der Waals surface area contributed by atoms with Gasteiger partial charge in [0.05, 0.1) is 0 Å². The summed E-state index contributed by atoms with van der Waals surface area (Å²) in [4.78, 5) is 0. The van der Waals surface area contributed by atoms with E-state index in [-0.39, 0.29) is 0 Å². The molecule has 1 aliphatic heterocycles. The molecule has 0 aromatic heterocycles. The molecule has 1 atom stereocenters. The molecular weight excluding hydrogens is 146 g/mol. The van der Waals surface area contributed by atoms with Gasteiger partial charge < -0.3 is 5.32 Å². The molecule has 1 aliphatic rings. The predicted octanol–water partition coefficient (Wildman–Crippen LogP) is 2.90. The average Bonchev–Trinajstić information content (AvgIpc) is 2.17. The summed E-state index contributed by atoms with van der Waals surface area (Å²) >= 11 is 0. The van der Waals surface area contributed by atoms with E-state index >= 15 is 0 Å². The molecule has 1 heterocycles. The molecule has 0 amide bonds. The molecule has 1 aromatic carbocycles. The number of nitrogens with one attached hydrogen (secondary N) is 1. The van der Waals surface area contributed by atoms with Crippen molar-refractivity contribution in [3.05, 3.63) is 35.9 Å². The third-order valence-electron chi connectivity index (χ3n) is 2.25. The molecule has 1 unspecified atom stereocenters. The Bertz CT molecular complexity index is 302. The highest BCUT2D eigenvalue weighted by molar-refractivity contribution is 5.70. The van der Waals surface area contributed by atoms with Gasteiger partial charge in [0.25, 0.3) is 0 Å². The van der Waals surface area contributed by atoms with Gasteiger partial charge in [0.1, 0.15) is 0 Å². The van der Waals surface area contributed by atoms with Crippen LogP contribution in [0.5, 0.6) is 0 Å². The topological polar surface area (TPSA) is 12.0 Å². The summed E-state index contributed by atoms with van der Waals surface area (Å²) in [6.45, 7) is 2.19. The van der Waals surface area contributed by atoms with Gasteiger partial charge in [-0.1, -0.05) is 37.3 Å². The quantitative estimate of drug-likeness (QED) is 0.664. The molecule has 0 bridgehead atoms. The second kappa shape index (κ2) is 3.02. The van der Waals surface area contributed by atoms with Gasteiger partial charge in [-0.3, -0.25) is 0 Å². The molecule has 1 heteroatoms. The van der Waals surface area contributed by atoms with Crippen LogP contribution in [0.15, 0.2) is 30.3 Å². The zero-order valence-corrected chi connectivity index (χ0v) is 7.25. The van der Waals surface area contributed by atoms with E-state index in [1.165, 1.54) is 11.3 Å². The van der Waals surface area contributed by atoms with E-state index < -0.39 is 0 Å². The van der Waals surface area contributed by atoms with Gasteiger partial charge in [0.2, 0.25) is 0 Å². The van der Waals surface area contributed by atoms with Gasteiger partial charge >= 0.3 is 0 Å². The van der Waals surface area contributed by atoms with E-state index in [1.807, 2.05) is 0 Å². The van der Waals surface area contributed by atoms with Crippen LogP contribution in [-0.4, -0.2) is 6.04 Å². The van der Waals surface area contributed by atoms with Crippen molar-refractivity contribution in [1.82, 2.24) is 0 Å². The lowest BCUT2D eigenvalue weighted by atomic mass is 10.0. The van der Waals surface area contributed by atoms with Crippen LogP contribution in [0.2, 0.25) is 0 Å². The maximum absolute atomic E-state index is 3.46. The van der Waals surface area contributed by atoms with E-state index in [9.17, 15) is 0 Å². The molecule has 0 saturated carbocycles. The number of rotatable bonds is 1. The lowest BCUT2D eigenvalue weighted by molar-refractivity contribution is 0.831. The molecule has 2 rings (SSSR count). The first kappa shape index (κ1) is 7.41. The van der Waals surface area contributed by atoms with Crippen LogP contribution in [0.3, 0.4) is 0 Å². The molecule has 0 radical (unpaired) electrons. The summed E-state index contributed by atoms with van der Waals surface area (Å²) in [5.41, 5.74) is 2.55. The van der Waals surface area contributed by atoms with Crippen molar-refractivity contribution < 1.29 is 0 Å². The minimum Gasteiger partial charge on any atom is -0.378 e. The molecule has 12 heavy (non-hydrogen) atoms.